The van der Waals surface area contributed by atoms with Crippen LogP contribution in [0.15, 0.2) is 17.5 Å². The van der Waals surface area contributed by atoms with Gasteiger partial charge in [-0.15, -0.1) is 5.11 Å². The molecule has 6 heteroatoms. The largest absolute Gasteiger partial charge is 0.287 e. The molecule has 0 saturated heterocycles. The van der Waals surface area contributed by atoms with Crippen molar-refractivity contribution in [1.29, 1.82) is 10.9 Å². The molecule has 11 heavy (non-hydrogen) atoms. The molecule has 5 nitrogen and oxygen atoms in total. The van der Waals surface area contributed by atoms with Crippen LogP contribution in [0.3, 0.4) is 0 Å². The highest BCUT2D eigenvalue weighted by Crippen LogP contribution is 2.06. The number of rotatable bonds is 2. The fourth-order valence-electron chi connectivity index (χ4n) is 0.515. The summed E-state index contributed by atoms with van der Waals surface area (Å²) in [6, 6.07) is 0. The van der Waals surface area contributed by atoms with Crippen molar-refractivity contribution in [2.45, 2.75) is 0 Å². The summed E-state index contributed by atoms with van der Waals surface area (Å²) in [6.45, 7) is 0. The Morgan fingerprint density at radius 2 is 2.27 bits per heavy atom. The first-order valence-corrected chi connectivity index (χ1v) is 3.06. The summed E-state index contributed by atoms with van der Waals surface area (Å²) in [6.07, 6.45) is 2.65. The second-order valence-corrected chi connectivity index (χ2v) is 2.07. The van der Waals surface area contributed by atoms with Crippen molar-refractivity contribution in [2.24, 2.45) is 5.11 Å². The molecular formula is C5H4ClN5. The van der Waals surface area contributed by atoms with E-state index in [4.69, 9.17) is 22.5 Å². The third-order valence-electron chi connectivity index (χ3n) is 0.961. The average molecular weight is 170 g/mol. The van der Waals surface area contributed by atoms with Crippen LogP contribution in [0.4, 0.5) is 5.82 Å². The molecule has 0 aromatic carbocycles. The first-order chi connectivity index (χ1) is 5.24. The van der Waals surface area contributed by atoms with Gasteiger partial charge in [0.2, 0.25) is 0 Å². The van der Waals surface area contributed by atoms with Crippen LogP contribution in [0.1, 0.15) is 5.69 Å². The van der Waals surface area contributed by atoms with Crippen molar-refractivity contribution >= 4 is 22.6 Å². The highest BCUT2D eigenvalue weighted by molar-refractivity contribution is 6.68. The molecule has 0 unspecified atom stereocenters. The number of nitrogens with zero attached hydrogens (tertiary/aromatic N) is 3. The van der Waals surface area contributed by atoms with Gasteiger partial charge in [-0.05, 0) is 0 Å². The molecule has 56 valence electrons. The Kier molecular flexibility index (Phi) is 2.22. The van der Waals surface area contributed by atoms with E-state index >= 15 is 0 Å². The van der Waals surface area contributed by atoms with Crippen molar-refractivity contribution < 1.29 is 0 Å². The maximum Gasteiger partial charge on any atom is 0.192 e. The standard InChI is InChI=1S/C5H4ClN5/c6-5(7)3-1-9-2-4(10-3)11-8/h1-2,7-8H. The summed E-state index contributed by atoms with van der Waals surface area (Å²) >= 11 is 5.31. The third kappa shape index (κ3) is 1.78. The molecule has 0 amide bonds. The van der Waals surface area contributed by atoms with Gasteiger partial charge in [-0.1, -0.05) is 11.6 Å². The summed E-state index contributed by atoms with van der Waals surface area (Å²) in [5.74, 6) is 0.146. The fraction of sp³-hybridized carbons (Fsp3) is 0. The number of hydrogen-bond acceptors (Lipinski definition) is 5. The summed E-state index contributed by atoms with van der Waals surface area (Å²) in [5.41, 5.74) is 6.81. The average Bonchev–Trinajstić information content (AvgIpc) is 2.05. The van der Waals surface area contributed by atoms with Gasteiger partial charge >= 0.3 is 0 Å². The van der Waals surface area contributed by atoms with Gasteiger partial charge in [0.05, 0.1) is 12.4 Å². The smallest absolute Gasteiger partial charge is 0.192 e. The number of nitrogens with one attached hydrogen (secondary N) is 2. The van der Waals surface area contributed by atoms with Crippen LogP contribution >= 0.6 is 11.6 Å². The van der Waals surface area contributed by atoms with Crippen LogP contribution in [0, 0.1) is 10.9 Å². The molecule has 1 aromatic rings. The van der Waals surface area contributed by atoms with Crippen LogP contribution in [0.25, 0.3) is 0 Å². The lowest BCUT2D eigenvalue weighted by Crippen LogP contribution is -1.93. The van der Waals surface area contributed by atoms with Crippen molar-refractivity contribution in [3.05, 3.63) is 18.1 Å². The Hall–Kier alpha value is -1.36. The van der Waals surface area contributed by atoms with Gasteiger partial charge in [-0.25, -0.2) is 10.5 Å². The second-order valence-electron chi connectivity index (χ2n) is 1.69. The monoisotopic (exact) mass is 169 g/mol. The number of halogens is 1. The molecule has 0 radical (unpaired) electrons. The van der Waals surface area contributed by atoms with Crippen molar-refractivity contribution in [3.63, 3.8) is 0 Å². The van der Waals surface area contributed by atoms with Crippen LogP contribution in [0.2, 0.25) is 0 Å². The Balaban J connectivity index is 3.10. The van der Waals surface area contributed by atoms with E-state index in [0.717, 1.165) is 0 Å². The predicted octanol–water partition coefficient (Wildman–Crippen LogP) is 1.70. The molecule has 0 spiro atoms. The van der Waals surface area contributed by atoms with Crippen molar-refractivity contribution in [2.75, 3.05) is 0 Å². The molecule has 0 saturated carbocycles. The molecular weight excluding hydrogens is 166 g/mol. The quantitative estimate of drug-likeness (QED) is 0.522. The van der Waals surface area contributed by atoms with Gasteiger partial charge < -0.3 is 0 Å². The van der Waals surface area contributed by atoms with E-state index in [-0.39, 0.29) is 16.7 Å². The van der Waals surface area contributed by atoms with E-state index in [1.807, 2.05) is 0 Å². The fourth-order valence-corrected chi connectivity index (χ4v) is 0.606. The van der Waals surface area contributed by atoms with Crippen molar-refractivity contribution in [1.82, 2.24) is 9.97 Å². The van der Waals surface area contributed by atoms with Gasteiger partial charge in [-0.2, -0.15) is 0 Å². The molecule has 1 heterocycles. The van der Waals surface area contributed by atoms with E-state index in [2.05, 4.69) is 15.1 Å². The summed E-state index contributed by atoms with van der Waals surface area (Å²) < 4.78 is 0. The highest BCUT2D eigenvalue weighted by atomic mass is 35.5. The molecule has 2 N–H and O–H groups in total. The predicted molar refractivity (Wildman–Crippen MR) is 39.5 cm³/mol. The van der Waals surface area contributed by atoms with Crippen LogP contribution < -0.4 is 0 Å². The second kappa shape index (κ2) is 3.16. The SMILES string of the molecule is N=Nc1cncc(C(=N)Cl)n1. The van der Waals surface area contributed by atoms with Gasteiger partial charge in [0.15, 0.2) is 5.82 Å². The lowest BCUT2D eigenvalue weighted by Gasteiger charge is -1.93. The van der Waals surface area contributed by atoms with Gasteiger partial charge in [0, 0.05) is 0 Å². The maximum absolute atomic E-state index is 6.97. The Morgan fingerprint density at radius 1 is 1.55 bits per heavy atom. The normalized spacial score (nSPS) is 9.18. The molecule has 0 bridgehead atoms. The molecule has 0 aliphatic heterocycles. The van der Waals surface area contributed by atoms with E-state index < -0.39 is 0 Å². The first kappa shape index (κ1) is 7.74. The molecule has 1 rings (SSSR count). The summed E-state index contributed by atoms with van der Waals surface area (Å²) in [5, 5.41) is 9.80. The molecule has 0 fully saturated rings. The Labute approximate surface area is 67.5 Å². The molecule has 1 aromatic heterocycles. The maximum atomic E-state index is 6.97. The lowest BCUT2D eigenvalue weighted by atomic mass is 10.5. The molecule has 0 aliphatic rings. The van der Waals surface area contributed by atoms with E-state index in [9.17, 15) is 0 Å². The van der Waals surface area contributed by atoms with Crippen molar-refractivity contribution in [3.8, 4) is 0 Å². The minimum Gasteiger partial charge on any atom is -0.287 e. The third-order valence-corrected chi connectivity index (χ3v) is 1.15. The highest BCUT2D eigenvalue weighted by Gasteiger charge is 2.00. The molecule has 0 aliphatic carbocycles. The van der Waals surface area contributed by atoms with Gasteiger partial charge in [-0.3, -0.25) is 10.4 Å². The first-order valence-electron chi connectivity index (χ1n) is 2.68. The van der Waals surface area contributed by atoms with Gasteiger partial charge in [0.1, 0.15) is 10.9 Å². The van der Waals surface area contributed by atoms with E-state index in [1.165, 1.54) is 12.4 Å². The zero-order valence-electron chi connectivity index (χ0n) is 5.37. The van der Waals surface area contributed by atoms with Crippen LogP contribution in [-0.4, -0.2) is 15.1 Å². The summed E-state index contributed by atoms with van der Waals surface area (Å²) in [7, 11) is 0. The Morgan fingerprint density at radius 3 is 2.82 bits per heavy atom. The number of hydrogen-bond donors (Lipinski definition) is 2. The van der Waals surface area contributed by atoms with E-state index in [1.54, 1.807) is 0 Å². The van der Waals surface area contributed by atoms with Crippen LogP contribution in [-0.2, 0) is 0 Å². The van der Waals surface area contributed by atoms with E-state index in [0.29, 0.717) is 0 Å². The van der Waals surface area contributed by atoms with Crippen LogP contribution in [0.5, 0.6) is 0 Å². The zero-order chi connectivity index (χ0) is 8.27. The minimum atomic E-state index is -0.206. The zero-order valence-corrected chi connectivity index (χ0v) is 6.13. The minimum absolute atomic E-state index is 0.146. The number of aromatic nitrogens is 2. The molecule has 0 atom stereocenters. The Bertz CT molecular complexity index is 297. The van der Waals surface area contributed by atoms with Gasteiger partial charge in [0.25, 0.3) is 0 Å². The lowest BCUT2D eigenvalue weighted by molar-refractivity contribution is 1.06. The summed E-state index contributed by atoms with van der Waals surface area (Å²) in [4.78, 5) is 7.39. The topological polar surface area (TPSA) is 85.8 Å².